The topological polar surface area (TPSA) is 56.7 Å². The van der Waals surface area contributed by atoms with Crippen LogP contribution in [0.15, 0.2) is 6.33 Å². The fourth-order valence-corrected chi connectivity index (χ4v) is 2.64. The van der Waals surface area contributed by atoms with E-state index in [1.165, 1.54) is 11.3 Å². The Bertz CT molecular complexity index is 552. The average Bonchev–Trinajstić information content (AvgIpc) is 2.51. The highest BCUT2D eigenvalue weighted by Gasteiger charge is 2.21. The van der Waals surface area contributed by atoms with E-state index in [9.17, 15) is 0 Å². The number of aromatic nitrogens is 3. The molecule has 0 aliphatic rings. The van der Waals surface area contributed by atoms with Crippen molar-refractivity contribution in [1.29, 1.82) is 0 Å². The summed E-state index contributed by atoms with van der Waals surface area (Å²) in [6.45, 7) is 10.8. The molecular formula is C13H20N4. The van der Waals surface area contributed by atoms with Crippen molar-refractivity contribution in [1.82, 2.24) is 14.5 Å². The molecule has 2 aromatic heterocycles. The zero-order valence-corrected chi connectivity index (χ0v) is 11.2. The average molecular weight is 232 g/mol. The smallest absolute Gasteiger partial charge is 0.146 e. The van der Waals surface area contributed by atoms with Crippen LogP contribution in [0.25, 0.3) is 11.0 Å². The molecule has 4 heteroatoms. The molecule has 92 valence electrons. The Hall–Kier alpha value is -1.58. The summed E-state index contributed by atoms with van der Waals surface area (Å²) >= 11 is 0. The van der Waals surface area contributed by atoms with Crippen molar-refractivity contribution in [3.8, 4) is 0 Å². The number of nitrogen functional groups attached to an aromatic ring is 1. The molecule has 17 heavy (non-hydrogen) atoms. The van der Waals surface area contributed by atoms with Crippen LogP contribution < -0.4 is 5.73 Å². The van der Waals surface area contributed by atoms with Gasteiger partial charge in [-0.15, -0.1) is 0 Å². The second-order valence-corrected chi connectivity index (χ2v) is 5.08. The summed E-state index contributed by atoms with van der Waals surface area (Å²) in [6.07, 6.45) is 1.54. The predicted molar refractivity (Wildman–Crippen MR) is 71.2 cm³/mol. The molecule has 2 aromatic rings. The maximum absolute atomic E-state index is 6.01. The highest BCUT2D eigenvalue weighted by Crippen LogP contribution is 2.34. The second-order valence-electron chi connectivity index (χ2n) is 5.08. The fourth-order valence-electron chi connectivity index (χ4n) is 2.64. The molecular weight excluding hydrogens is 212 g/mol. The molecule has 0 aromatic carbocycles. The van der Waals surface area contributed by atoms with Crippen LogP contribution in [-0.2, 0) is 0 Å². The lowest BCUT2D eigenvalue weighted by Gasteiger charge is -2.12. The van der Waals surface area contributed by atoms with E-state index in [0.717, 1.165) is 11.0 Å². The summed E-state index contributed by atoms with van der Waals surface area (Å²) < 4.78 is 2.24. The molecule has 0 radical (unpaired) electrons. The number of rotatable bonds is 2. The van der Waals surface area contributed by atoms with Crippen LogP contribution in [0.5, 0.6) is 0 Å². The lowest BCUT2D eigenvalue weighted by Crippen LogP contribution is -2.04. The minimum Gasteiger partial charge on any atom is -0.383 e. The third kappa shape index (κ3) is 1.68. The minimum absolute atomic E-state index is 0.374. The lowest BCUT2D eigenvalue weighted by atomic mass is 10.0. The molecule has 0 fully saturated rings. The van der Waals surface area contributed by atoms with Gasteiger partial charge in [-0.2, -0.15) is 0 Å². The van der Waals surface area contributed by atoms with Gasteiger partial charge in [0.2, 0.25) is 0 Å². The van der Waals surface area contributed by atoms with Gasteiger partial charge in [-0.3, -0.25) is 0 Å². The van der Waals surface area contributed by atoms with Gasteiger partial charge in [0.25, 0.3) is 0 Å². The van der Waals surface area contributed by atoms with Gasteiger partial charge < -0.3 is 10.3 Å². The number of nitrogens with zero attached hydrogens (tertiary/aromatic N) is 3. The van der Waals surface area contributed by atoms with Crippen molar-refractivity contribution in [2.45, 2.75) is 46.6 Å². The van der Waals surface area contributed by atoms with E-state index in [1.807, 2.05) is 0 Å². The largest absolute Gasteiger partial charge is 0.383 e. The Balaban J connectivity index is 2.94. The number of hydrogen-bond acceptors (Lipinski definition) is 3. The van der Waals surface area contributed by atoms with E-state index in [1.54, 1.807) is 6.33 Å². The summed E-state index contributed by atoms with van der Waals surface area (Å²) in [5.74, 6) is 1.01. The molecule has 2 heterocycles. The zero-order valence-electron chi connectivity index (χ0n) is 11.2. The summed E-state index contributed by atoms with van der Waals surface area (Å²) in [5, 5.41) is 1.02. The third-order valence-corrected chi connectivity index (χ3v) is 3.20. The molecule has 0 bridgehead atoms. The van der Waals surface area contributed by atoms with Crippen molar-refractivity contribution < 1.29 is 0 Å². The fraction of sp³-hybridized carbons (Fsp3) is 0.538. The van der Waals surface area contributed by atoms with Crippen LogP contribution in [0.1, 0.15) is 50.9 Å². The van der Waals surface area contributed by atoms with Gasteiger partial charge in [0.05, 0.1) is 5.39 Å². The number of fused-ring (bicyclic) bond motifs is 1. The van der Waals surface area contributed by atoms with Gasteiger partial charge in [0.15, 0.2) is 0 Å². The van der Waals surface area contributed by atoms with E-state index in [0.29, 0.717) is 17.8 Å². The van der Waals surface area contributed by atoms with E-state index in [2.05, 4.69) is 49.2 Å². The van der Waals surface area contributed by atoms with E-state index in [4.69, 9.17) is 5.73 Å². The van der Waals surface area contributed by atoms with Gasteiger partial charge in [-0.05, 0) is 32.3 Å². The third-order valence-electron chi connectivity index (χ3n) is 3.20. The van der Waals surface area contributed by atoms with Crippen LogP contribution in [0.4, 0.5) is 5.82 Å². The van der Waals surface area contributed by atoms with Gasteiger partial charge in [-0.1, -0.05) is 13.8 Å². The summed E-state index contributed by atoms with van der Waals surface area (Å²) in [4.78, 5) is 8.52. The summed E-state index contributed by atoms with van der Waals surface area (Å²) in [6, 6.07) is 0.374. The molecule has 0 saturated carbocycles. The Kier molecular flexibility index (Phi) is 2.81. The lowest BCUT2D eigenvalue weighted by molar-refractivity contribution is 0.598. The predicted octanol–water partition coefficient (Wildman–Crippen LogP) is 3.03. The van der Waals surface area contributed by atoms with Crippen LogP contribution >= 0.6 is 0 Å². The number of nitrogens with two attached hydrogens (primary N) is 1. The molecule has 2 rings (SSSR count). The van der Waals surface area contributed by atoms with Gasteiger partial charge >= 0.3 is 0 Å². The van der Waals surface area contributed by atoms with Crippen molar-refractivity contribution in [3.05, 3.63) is 17.6 Å². The second kappa shape index (κ2) is 4.02. The summed E-state index contributed by atoms with van der Waals surface area (Å²) in [7, 11) is 0. The standard InChI is InChI=1S/C13H20N4/c1-7(2)10-9(5)17(8(3)4)13-11(10)12(14)15-6-16-13/h6-8H,1-5H3,(H2,14,15,16). The molecule has 0 aliphatic heterocycles. The molecule has 0 atom stereocenters. The normalized spacial score (nSPS) is 11.9. The van der Waals surface area contributed by atoms with E-state index in [-0.39, 0.29) is 0 Å². The SMILES string of the molecule is Cc1c(C(C)C)c2c(N)ncnc2n1C(C)C. The quantitative estimate of drug-likeness (QED) is 0.865. The maximum atomic E-state index is 6.01. The van der Waals surface area contributed by atoms with Crippen LogP contribution in [0.2, 0.25) is 0 Å². The Morgan fingerprint density at radius 3 is 2.35 bits per heavy atom. The zero-order chi connectivity index (χ0) is 12.7. The van der Waals surface area contributed by atoms with Gasteiger partial charge in [0.1, 0.15) is 17.8 Å². The van der Waals surface area contributed by atoms with Crippen LogP contribution in [0.3, 0.4) is 0 Å². The first kappa shape index (κ1) is 11.9. The molecule has 0 spiro atoms. The Morgan fingerprint density at radius 1 is 1.18 bits per heavy atom. The highest BCUT2D eigenvalue weighted by molar-refractivity contribution is 5.91. The monoisotopic (exact) mass is 232 g/mol. The highest BCUT2D eigenvalue weighted by atomic mass is 15.1. The van der Waals surface area contributed by atoms with Crippen LogP contribution in [-0.4, -0.2) is 14.5 Å². The first-order valence-electron chi connectivity index (χ1n) is 6.06. The first-order valence-corrected chi connectivity index (χ1v) is 6.06. The first-order chi connectivity index (χ1) is 7.95. The van der Waals surface area contributed by atoms with Gasteiger partial charge in [0, 0.05) is 11.7 Å². The number of anilines is 1. The van der Waals surface area contributed by atoms with Crippen molar-refractivity contribution in [2.24, 2.45) is 0 Å². The molecule has 0 aliphatic carbocycles. The van der Waals surface area contributed by atoms with Crippen molar-refractivity contribution in [3.63, 3.8) is 0 Å². The maximum Gasteiger partial charge on any atom is 0.146 e. The molecule has 0 unspecified atom stereocenters. The minimum atomic E-state index is 0.374. The molecule has 0 amide bonds. The Morgan fingerprint density at radius 2 is 1.82 bits per heavy atom. The van der Waals surface area contributed by atoms with Crippen LogP contribution in [0, 0.1) is 6.92 Å². The van der Waals surface area contributed by atoms with Crippen molar-refractivity contribution >= 4 is 16.9 Å². The molecule has 0 saturated heterocycles. The number of hydrogen-bond donors (Lipinski definition) is 1. The van der Waals surface area contributed by atoms with Crippen molar-refractivity contribution in [2.75, 3.05) is 5.73 Å². The van der Waals surface area contributed by atoms with E-state index < -0.39 is 0 Å². The Labute approximate surface area is 102 Å². The molecule has 2 N–H and O–H groups in total. The van der Waals surface area contributed by atoms with Gasteiger partial charge in [-0.25, -0.2) is 9.97 Å². The summed E-state index contributed by atoms with van der Waals surface area (Å²) in [5.41, 5.74) is 9.48. The van der Waals surface area contributed by atoms with E-state index >= 15 is 0 Å². The molecule has 4 nitrogen and oxygen atoms in total.